The molecule has 0 aromatic rings. The Kier molecular flexibility index (Phi) is 5.44. The van der Waals surface area contributed by atoms with Crippen LogP contribution in [0.1, 0.15) is 46.5 Å². The predicted molar refractivity (Wildman–Crippen MR) is 88.5 cm³/mol. The molecule has 24 heavy (non-hydrogen) atoms. The molecule has 1 saturated heterocycles. The number of nitrogens with zero attached hydrogens (tertiary/aromatic N) is 1. The molecular weight excluding hydrogens is 312 g/mol. The number of carbonyl (C=O) groups excluding carboxylic acids is 2. The number of aliphatic hydroxyl groups is 1. The molecular formula is C17H30N2O5. The Morgan fingerprint density at radius 3 is 2.33 bits per heavy atom. The maximum absolute atomic E-state index is 12.6. The van der Waals surface area contributed by atoms with Crippen molar-refractivity contribution in [2.75, 3.05) is 33.4 Å². The summed E-state index contributed by atoms with van der Waals surface area (Å²) in [6, 6.07) is 0. The molecule has 0 aromatic carbocycles. The molecule has 1 saturated carbocycles. The van der Waals surface area contributed by atoms with Crippen LogP contribution in [0, 0.1) is 5.41 Å². The van der Waals surface area contributed by atoms with E-state index in [1.807, 2.05) is 0 Å². The van der Waals surface area contributed by atoms with Crippen molar-refractivity contribution in [3.63, 3.8) is 0 Å². The first-order valence-corrected chi connectivity index (χ1v) is 8.61. The summed E-state index contributed by atoms with van der Waals surface area (Å²) in [4.78, 5) is 26.1. The topological polar surface area (TPSA) is 88.1 Å². The Morgan fingerprint density at radius 1 is 1.25 bits per heavy atom. The molecule has 0 atom stereocenters. The van der Waals surface area contributed by atoms with Gasteiger partial charge in [0.15, 0.2) is 0 Å². The number of hydrogen-bond donors (Lipinski definition) is 2. The van der Waals surface area contributed by atoms with E-state index in [-0.39, 0.29) is 19.0 Å². The average Bonchev–Trinajstić information content (AvgIpc) is 2.37. The zero-order valence-corrected chi connectivity index (χ0v) is 15.2. The van der Waals surface area contributed by atoms with Gasteiger partial charge in [0.05, 0.1) is 18.5 Å². The molecule has 1 aliphatic heterocycles. The van der Waals surface area contributed by atoms with E-state index in [0.29, 0.717) is 26.0 Å². The maximum Gasteiger partial charge on any atom is 0.410 e. The Labute approximate surface area is 143 Å². The van der Waals surface area contributed by atoms with Crippen LogP contribution in [-0.4, -0.2) is 66.6 Å². The first-order chi connectivity index (χ1) is 11.1. The highest BCUT2D eigenvalue weighted by molar-refractivity contribution is 5.86. The van der Waals surface area contributed by atoms with Gasteiger partial charge in [0.25, 0.3) is 0 Å². The molecule has 0 bridgehead atoms. The molecule has 7 heteroatoms. The second kappa shape index (κ2) is 6.88. The largest absolute Gasteiger partial charge is 0.444 e. The number of rotatable bonds is 6. The fourth-order valence-corrected chi connectivity index (χ4v) is 3.37. The molecule has 0 aromatic heterocycles. The fourth-order valence-electron chi connectivity index (χ4n) is 3.37. The van der Waals surface area contributed by atoms with Gasteiger partial charge in [-0.05, 0) is 40.0 Å². The molecule has 0 radical (unpaired) electrons. The van der Waals surface area contributed by atoms with Gasteiger partial charge in [0.2, 0.25) is 5.91 Å². The molecule has 2 aliphatic rings. The van der Waals surface area contributed by atoms with Crippen LogP contribution in [0.25, 0.3) is 0 Å². The highest BCUT2D eigenvalue weighted by Gasteiger charge is 2.64. The van der Waals surface area contributed by atoms with Gasteiger partial charge in [-0.3, -0.25) is 4.79 Å². The number of amides is 2. The van der Waals surface area contributed by atoms with Gasteiger partial charge in [0, 0.05) is 20.3 Å². The lowest BCUT2D eigenvalue weighted by Crippen LogP contribution is -2.75. The fraction of sp³-hybridized carbons (Fsp3) is 0.882. The Balaban J connectivity index is 1.91. The summed E-state index contributed by atoms with van der Waals surface area (Å²) in [5.74, 6) is -0.115. The molecule has 2 fully saturated rings. The van der Waals surface area contributed by atoms with Crippen molar-refractivity contribution in [1.29, 1.82) is 0 Å². The van der Waals surface area contributed by atoms with Crippen LogP contribution in [0.5, 0.6) is 0 Å². The van der Waals surface area contributed by atoms with E-state index in [0.717, 1.165) is 12.8 Å². The van der Waals surface area contributed by atoms with E-state index in [4.69, 9.17) is 9.47 Å². The van der Waals surface area contributed by atoms with E-state index in [1.54, 1.807) is 27.9 Å². The molecule has 1 aliphatic carbocycles. The van der Waals surface area contributed by atoms with E-state index in [9.17, 15) is 14.7 Å². The average molecular weight is 342 g/mol. The van der Waals surface area contributed by atoms with Crippen LogP contribution >= 0.6 is 0 Å². The molecule has 138 valence electrons. The number of likely N-dealkylation sites (tertiary alicyclic amines) is 1. The number of hydrogen-bond acceptors (Lipinski definition) is 5. The van der Waals surface area contributed by atoms with Crippen molar-refractivity contribution < 1.29 is 24.2 Å². The Hall–Kier alpha value is -1.34. The maximum atomic E-state index is 12.6. The van der Waals surface area contributed by atoms with Crippen molar-refractivity contribution in [3.05, 3.63) is 0 Å². The minimum absolute atomic E-state index is 0.115. The van der Waals surface area contributed by atoms with Gasteiger partial charge >= 0.3 is 6.09 Å². The van der Waals surface area contributed by atoms with Crippen LogP contribution < -0.4 is 5.32 Å². The predicted octanol–water partition coefficient (Wildman–Crippen LogP) is 1.29. The van der Waals surface area contributed by atoms with Crippen LogP contribution in [0.2, 0.25) is 0 Å². The van der Waals surface area contributed by atoms with E-state index in [2.05, 4.69) is 5.32 Å². The first-order valence-electron chi connectivity index (χ1n) is 8.61. The molecule has 2 rings (SSSR count). The zero-order valence-electron chi connectivity index (χ0n) is 15.2. The van der Waals surface area contributed by atoms with Gasteiger partial charge in [-0.25, -0.2) is 4.79 Å². The van der Waals surface area contributed by atoms with Crippen LogP contribution in [0.3, 0.4) is 0 Å². The van der Waals surface area contributed by atoms with Gasteiger partial charge in [0.1, 0.15) is 11.2 Å². The van der Waals surface area contributed by atoms with Crippen LogP contribution in [-0.2, 0) is 14.3 Å². The van der Waals surface area contributed by atoms with E-state index < -0.39 is 22.7 Å². The van der Waals surface area contributed by atoms with Crippen molar-refractivity contribution >= 4 is 12.0 Å². The number of carbonyl (C=O) groups is 2. The van der Waals surface area contributed by atoms with Crippen LogP contribution in [0.15, 0.2) is 0 Å². The summed E-state index contributed by atoms with van der Waals surface area (Å²) in [5, 5.41) is 13.8. The summed E-state index contributed by atoms with van der Waals surface area (Å²) in [7, 11) is 1.62. The highest BCUT2D eigenvalue weighted by atomic mass is 16.6. The molecule has 7 nitrogen and oxygen atoms in total. The third kappa shape index (κ3) is 3.67. The van der Waals surface area contributed by atoms with Gasteiger partial charge in [-0.1, -0.05) is 6.42 Å². The number of methoxy groups -OCH3 is 1. The van der Waals surface area contributed by atoms with Gasteiger partial charge in [-0.2, -0.15) is 0 Å². The molecule has 1 heterocycles. The van der Waals surface area contributed by atoms with Gasteiger partial charge < -0.3 is 24.8 Å². The van der Waals surface area contributed by atoms with Crippen molar-refractivity contribution in [3.8, 4) is 0 Å². The quantitative estimate of drug-likeness (QED) is 0.710. The third-order valence-electron chi connectivity index (χ3n) is 4.90. The molecule has 2 N–H and O–H groups in total. The molecule has 2 amide bonds. The summed E-state index contributed by atoms with van der Waals surface area (Å²) < 4.78 is 10.3. The second-order valence-electron chi connectivity index (χ2n) is 7.91. The summed E-state index contributed by atoms with van der Waals surface area (Å²) in [5.41, 5.74) is -2.51. The Bertz CT molecular complexity index is 476. The molecule has 0 spiro atoms. The minimum Gasteiger partial charge on any atom is -0.444 e. The Morgan fingerprint density at radius 2 is 1.88 bits per heavy atom. The SMILES string of the molecule is COCCCNC(=O)C1(C2(O)CN(C(=O)OC(C)(C)C)C2)CCC1. The van der Waals surface area contributed by atoms with Crippen molar-refractivity contribution in [2.45, 2.75) is 57.7 Å². The lowest BCUT2D eigenvalue weighted by molar-refractivity contribution is -0.204. The van der Waals surface area contributed by atoms with Crippen molar-refractivity contribution in [1.82, 2.24) is 10.2 Å². The van der Waals surface area contributed by atoms with E-state index >= 15 is 0 Å². The molecule has 0 unspecified atom stereocenters. The van der Waals surface area contributed by atoms with Crippen molar-refractivity contribution in [2.24, 2.45) is 5.41 Å². The minimum atomic E-state index is -1.16. The lowest BCUT2D eigenvalue weighted by atomic mass is 9.55. The normalized spacial score (nSPS) is 21.5. The van der Waals surface area contributed by atoms with E-state index in [1.165, 1.54) is 4.90 Å². The number of ether oxygens (including phenoxy) is 2. The smallest absolute Gasteiger partial charge is 0.410 e. The van der Waals surface area contributed by atoms with Gasteiger partial charge in [-0.15, -0.1) is 0 Å². The summed E-state index contributed by atoms with van der Waals surface area (Å²) in [6.45, 7) is 6.82. The standard InChI is InChI=1S/C17H30N2O5/c1-15(2,3)24-14(21)19-11-17(22,12-19)16(7-5-8-16)13(20)18-9-6-10-23-4/h22H,5-12H2,1-4H3,(H,18,20). The summed E-state index contributed by atoms with van der Waals surface area (Å²) in [6.07, 6.45) is 2.52. The zero-order chi connectivity index (χ0) is 18.0. The first kappa shape index (κ1) is 19.0. The monoisotopic (exact) mass is 342 g/mol. The lowest BCUT2D eigenvalue weighted by Gasteiger charge is -2.59. The highest BCUT2D eigenvalue weighted by Crippen LogP contribution is 2.53. The third-order valence-corrected chi connectivity index (χ3v) is 4.90. The summed E-state index contributed by atoms with van der Waals surface area (Å²) >= 11 is 0. The second-order valence-corrected chi connectivity index (χ2v) is 7.91. The van der Waals surface area contributed by atoms with Crippen LogP contribution in [0.4, 0.5) is 4.79 Å². The number of β-amino-alcohol motifs (C(OH)–C–C–N with tert-alkyl or cyclic N) is 1. The number of nitrogens with one attached hydrogen (secondary N) is 1.